The van der Waals surface area contributed by atoms with E-state index < -0.39 is 5.60 Å². The van der Waals surface area contributed by atoms with Gasteiger partial charge in [-0.2, -0.15) is 11.3 Å². The Bertz CT molecular complexity index is 251. The first kappa shape index (κ1) is 11.7. The van der Waals surface area contributed by atoms with E-state index in [9.17, 15) is 5.11 Å². The third-order valence-corrected chi connectivity index (χ3v) is 2.75. The smallest absolute Gasteiger partial charge is 0.0718 e. The van der Waals surface area contributed by atoms with Crippen molar-refractivity contribution < 1.29 is 5.11 Å². The van der Waals surface area contributed by atoms with E-state index >= 15 is 0 Å². The summed E-state index contributed by atoms with van der Waals surface area (Å²) in [6.45, 7) is 5.40. The molecule has 0 bridgehead atoms. The topological polar surface area (TPSA) is 23.5 Å². The Labute approximate surface area is 90.2 Å². The van der Waals surface area contributed by atoms with Gasteiger partial charge in [-0.05, 0) is 49.7 Å². The molecule has 2 nitrogen and oxygen atoms in total. The van der Waals surface area contributed by atoms with Crippen molar-refractivity contribution >= 4 is 11.3 Å². The molecule has 1 aromatic heterocycles. The van der Waals surface area contributed by atoms with Crippen molar-refractivity contribution in [2.24, 2.45) is 0 Å². The monoisotopic (exact) mass is 213 g/mol. The van der Waals surface area contributed by atoms with Crippen LogP contribution in [-0.4, -0.2) is 35.7 Å². The van der Waals surface area contributed by atoms with E-state index in [4.69, 9.17) is 0 Å². The maximum Gasteiger partial charge on any atom is 0.0718 e. The summed E-state index contributed by atoms with van der Waals surface area (Å²) in [6, 6.07) is 2.16. The molecule has 0 atom stereocenters. The molecule has 0 saturated heterocycles. The molecule has 0 radical (unpaired) electrons. The maximum absolute atomic E-state index is 9.61. The van der Waals surface area contributed by atoms with Crippen LogP contribution in [-0.2, 0) is 6.42 Å². The van der Waals surface area contributed by atoms with Crippen LogP contribution in [0.3, 0.4) is 0 Å². The van der Waals surface area contributed by atoms with Crippen molar-refractivity contribution in [1.29, 1.82) is 0 Å². The largest absolute Gasteiger partial charge is 0.389 e. The number of hydrogen-bond acceptors (Lipinski definition) is 3. The fraction of sp³-hybridized carbons (Fsp3) is 0.636. The molecule has 0 saturated carbocycles. The van der Waals surface area contributed by atoms with Gasteiger partial charge in [0.25, 0.3) is 0 Å². The Morgan fingerprint density at radius 1 is 1.50 bits per heavy atom. The SMILES string of the molecule is CN(CCc1ccsc1)CC(C)(C)O. The number of likely N-dealkylation sites (N-methyl/N-ethyl adjacent to an activating group) is 1. The van der Waals surface area contributed by atoms with Crippen molar-refractivity contribution in [2.45, 2.75) is 25.9 Å². The van der Waals surface area contributed by atoms with Crippen LogP contribution in [0.5, 0.6) is 0 Å². The average Bonchev–Trinajstić information content (AvgIpc) is 2.49. The van der Waals surface area contributed by atoms with Crippen molar-refractivity contribution in [3.05, 3.63) is 22.4 Å². The lowest BCUT2D eigenvalue weighted by Crippen LogP contribution is -2.37. The van der Waals surface area contributed by atoms with Crippen molar-refractivity contribution in [3.63, 3.8) is 0 Å². The molecule has 1 rings (SSSR count). The average molecular weight is 213 g/mol. The summed E-state index contributed by atoms with van der Waals surface area (Å²) in [7, 11) is 2.05. The van der Waals surface area contributed by atoms with E-state index in [2.05, 4.69) is 21.7 Å². The highest BCUT2D eigenvalue weighted by molar-refractivity contribution is 7.07. The van der Waals surface area contributed by atoms with Gasteiger partial charge in [0.2, 0.25) is 0 Å². The van der Waals surface area contributed by atoms with Crippen LogP contribution in [0.2, 0.25) is 0 Å². The molecule has 0 spiro atoms. The van der Waals surface area contributed by atoms with Gasteiger partial charge in [0.1, 0.15) is 0 Å². The van der Waals surface area contributed by atoms with E-state index in [1.54, 1.807) is 11.3 Å². The molecular weight excluding hydrogens is 194 g/mol. The lowest BCUT2D eigenvalue weighted by molar-refractivity contribution is 0.0450. The second-order valence-electron chi connectivity index (χ2n) is 4.43. The quantitative estimate of drug-likeness (QED) is 0.808. The fourth-order valence-corrected chi connectivity index (χ4v) is 2.20. The molecule has 1 aromatic rings. The highest BCUT2D eigenvalue weighted by atomic mass is 32.1. The minimum absolute atomic E-state index is 0.594. The fourth-order valence-electron chi connectivity index (χ4n) is 1.49. The number of thiophene rings is 1. The molecule has 0 aliphatic heterocycles. The summed E-state index contributed by atoms with van der Waals surface area (Å²) >= 11 is 1.74. The number of hydrogen-bond donors (Lipinski definition) is 1. The summed E-state index contributed by atoms with van der Waals surface area (Å²) in [4.78, 5) is 2.16. The van der Waals surface area contributed by atoms with E-state index in [0.717, 1.165) is 19.5 Å². The van der Waals surface area contributed by atoms with Crippen LogP contribution in [0.25, 0.3) is 0 Å². The predicted octanol–water partition coefficient (Wildman–Crippen LogP) is 1.99. The Balaban J connectivity index is 2.25. The first-order valence-corrected chi connectivity index (χ1v) is 5.84. The van der Waals surface area contributed by atoms with E-state index in [0.29, 0.717) is 0 Å². The summed E-state index contributed by atoms with van der Waals surface area (Å²) in [5.41, 5.74) is 0.793. The van der Waals surface area contributed by atoms with Crippen LogP contribution < -0.4 is 0 Å². The lowest BCUT2D eigenvalue weighted by Gasteiger charge is -2.25. The zero-order valence-corrected chi connectivity index (χ0v) is 9.97. The second-order valence-corrected chi connectivity index (χ2v) is 5.21. The van der Waals surface area contributed by atoms with Gasteiger partial charge < -0.3 is 10.0 Å². The summed E-state index contributed by atoms with van der Waals surface area (Å²) in [5.74, 6) is 0. The first-order chi connectivity index (χ1) is 6.47. The minimum Gasteiger partial charge on any atom is -0.389 e. The molecule has 1 heterocycles. The van der Waals surface area contributed by atoms with E-state index in [1.165, 1.54) is 5.56 Å². The van der Waals surface area contributed by atoms with Crippen LogP contribution in [0.15, 0.2) is 16.8 Å². The molecule has 0 amide bonds. The van der Waals surface area contributed by atoms with Crippen molar-refractivity contribution in [2.75, 3.05) is 20.1 Å². The summed E-state index contributed by atoms with van der Waals surface area (Å²) < 4.78 is 0. The van der Waals surface area contributed by atoms with Gasteiger partial charge in [-0.25, -0.2) is 0 Å². The van der Waals surface area contributed by atoms with Gasteiger partial charge in [0, 0.05) is 13.1 Å². The summed E-state index contributed by atoms with van der Waals surface area (Å²) in [5, 5.41) is 13.9. The van der Waals surface area contributed by atoms with Crippen LogP contribution in [0, 0.1) is 0 Å². The predicted molar refractivity (Wildman–Crippen MR) is 61.8 cm³/mol. The maximum atomic E-state index is 9.61. The normalized spacial score (nSPS) is 12.4. The molecule has 80 valence electrons. The third kappa shape index (κ3) is 4.74. The highest BCUT2D eigenvalue weighted by Gasteiger charge is 2.14. The zero-order valence-electron chi connectivity index (χ0n) is 9.16. The van der Waals surface area contributed by atoms with E-state index in [-0.39, 0.29) is 0 Å². The van der Waals surface area contributed by atoms with Crippen molar-refractivity contribution in [1.82, 2.24) is 4.90 Å². The molecule has 14 heavy (non-hydrogen) atoms. The molecule has 3 heteroatoms. The molecule has 0 aliphatic rings. The number of rotatable bonds is 5. The Kier molecular flexibility index (Phi) is 4.11. The molecule has 0 unspecified atom stereocenters. The number of nitrogens with zero attached hydrogens (tertiary/aromatic N) is 1. The highest BCUT2D eigenvalue weighted by Crippen LogP contribution is 2.08. The molecule has 1 N–H and O–H groups in total. The van der Waals surface area contributed by atoms with Gasteiger partial charge in [0.15, 0.2) is 0 Å². The Morgan fingerprint density at radius 3 is 2.71 bits per heavy atom. The Hall–Kier alpha value is -0.380. The Morgan fingerprint density at radius 2 is 2.21 bits per heavy atom. The molecule has 0 aliphatic carbocycles. The van der Waals surface area contributed by atoms with Gasteiger partial charge >= 0.3 is 0 Å². The second kappa shape index (κ2) is 4.91. The minimum atomic E-state index is -0.594. The third-order valence-electron chi connectivity index (χ3n) is 2.02. The molecule has 0 aromatic carbocycles. The van der Waals surface area contributed by atoms with Gasteiger partial charge in [-0.1, -0.05) is 0 Å². The van der Waals surface area contributed by atoms with Crippen LogP contribution in [0.1, 0.15) is 19.4 Å². The molecular formula is C11H19NOS. The van der Waals surface area contributed by atoms with Gasteiger partial charge in [-0.15, -0.1) is 0 Å². The lowest BCUT2D eigenvalue weighted by atomic mass is 10.1. The standard InChI is InChI=1S/C11H19NOS/c1-11(2,13)9-12(3)6-4-10-5-7-14-8-10/h5,7-8,13H,4,6,9H2,1-3H3. The van der Waals surface area contributed by atoms with Crippen LogP contribution in [0.4, 0.5) is 0 Å². The van der Waals surface area contributed by atoms with E-state index in [1.807, 2.05) is 20.9 Å². The zero-order chi connectivity index (χ0) is 10.6. The van der Waals surface area contributed by atoms with Gasteiger partial charge in [-0.3, -0.25) is 0 Å². The molecule has 0 fully saturated rings. The first-order valence-electron chi connectivity index (χ1n) is 4.89. The van der Waals surface area contributed by atoms with Crippen LogP contribution >= 0.6 is 11.3 Å². The van der Waals surface area contributed by atoms with Crippen molar-refractivity contribution in [3.8, 4) is 0 Å². The number of aliphatic hydroxyl groups is 1. The van der Waals surface area contributed by atoms with Gasteiger partial charge in [0.05, 0.1) is 5.60 Å². The summed E-state index contributed by atoms with van der Waals surface area (Å²) in [6.07, 6.45) is 1.07.